The van der Waals surface area contributed by atoms with E-state index >= 15 is 0 Å². The van der Waals surface area contributed by atoms with Gasteiger partial charge in [0.25, 0.3) is 5.91 Å². The van der Waals surface area contributed by atoms with Crippen molar-refractivity contribution in [1.82, 2.24) is 5.01 Å². The first-order chi connectivity index (χ1) is 16.2. The van der Waals surface area contributed by atoms with Gasteiger partial charge < -0.3 is 16.5 Å². The molecule has 0 bridgehead atoms. The molecule has 4 aliphatic rings. The van der Waals surface area contributed by atoms with Crippen molar-refractivity contribution in [3.8, 4) is 0 Å². The van der Waals surface area contributed by atoms with Gasteiger partial charge in [0, 0.05) is 12.1 Å². The van der Waals surface area contributed by atoms with E-state index in [9.17, 15) is 9.59 Å². The third-order valence-electron chi connectivity index (χ3n) is 9.53. The van der Waals surface area contributed by atoms with Crippen molar-refractivity contribution in [1.29, 1.82) is 0 Å². The van der Waals surface area contributed by atoms with E-state index in [2.05, 4.69) is 13.8 Å². The SMILES string of the molecule is CC.CC.CC1CCC2C(CCC3C2CCC2(C)C(C(=O)CN(N)/C=C(\N)C(N)=O)CCC32)C1. The van der Waals surface area contributed by atoms with Crippen LogP contribution in [0.25, 0.3) is 0 Å². The zero-order chi connectivity index (χ0) is 25.6. The normalized spacial score (nSPS) is 38.6. The molecule has 6 heteroatoms. The molecule has 34 heavy (non-hydrogen) atoms. The van der Waals surface area contributed by atoms with Crippen LogP contribution in [0.5, 0.6) is 0 Å². The highest BCUT2D eigenvalue weighted by Crippen LogP contribution is 2.64. The summed E-state index contributed by atoms with van der Waals surface area (Å²) in [6, 6.07) is 0. The lowest BCUT2D eigenvalue weighted by atomic mass is 9.49. The molecule has 0 aromatic rings. The third-order valence-corrected chi connectivity index (χ3v) is 9.53. The van der Waals surface area contributed by atoms with E-state index in [0.29, 0.717) is 5.92 Å². The molecule has 1 amide bonds. The summed E-state index contributed by atoms with van der Waals surface area (Å²) in [7, 11) is 0. The molecule has 0 saturated heterocycles. The second-order valence-electron chi connectivity index (χ2n) is 11.1. The van der Waals surface area contributed by atoms with Crippen LogP contribution >= 0.6 is 0 Å². The summed E-state index contributed by atoms with van der Waals surface area (Å²) in [5.74, 6) is 10.6. The summed E-state index contributed by atoms with van der Waals surface area (Å²) in [4.78, 5) is 24.3. The van der Waals surface area contributed by atoms with E-state index < -0.39 is 5.91 Å². The van der Waals surface area contributed by atoms with Crippen molar-refractivity contribution < 1.29 is 9.59 Å². The van der Waals surface area contributed by atoms with Gasteiger partial charge in [-0.3, -0.25) is 9.59 Å². The second kappa shape index (κ2) is 12.4. The number of hydrazine groups is 1. The van der Waals surface area contributed by atoms with Crippen LogP contribution < -0.4 is 17.3 Å². The smallest absolute Gasteiger partial charge is 0.266 e. The summed E-state index contributed by atoms with van der Waals surface area (Å²) >= 11 is 0. The fourth-order valence-corrected chi connectivity index (χ4v) is 8.19. The summed E-state index contributed by atoms with van der Waals surface area (Å²) in [5.41, 5.74) is 10.7. The van der Waals surface area contributed by atoms with Crippen molar-refractivity contribution in [3.63, 3.8) is 0 Å². The number of carbonyl (C=O) groups excluding carboxylic acids is 2. The van der Waals surface area contributed by atoms with E-state index in [1.165, 1.54) is 56.2 Å². The minimum absolute atomic E-state index is 0.0572. The first kappa shape index (κ1) is 28.7. The van der Waals surface area contributed by atoms with Gasteiger partial charge in [-0.15, -0.1) is 0 Å². The van der Waals surface area contributed by atoms with Crippen molar-refractivity contribution in [3.05, 3.63) is 11.9 Å². The van der Waals surface area contributed by atoms with Gasteiger partial charge in [0.05, 0.1) is 6.54 Å². The molecular formula is C28H52N4O2. The number of nitrogens with two attached hydrogens (primary N) is 3. The summed E-state index contributed by atoms with van der Waals surface area (Å²) in [6.45, 7) is 12.9. The monoisotopic (exact) mass is 476 g/mol. The van der Waals surface area contributed by atoms with Crippen LogP contribution in [0.4, 0.5) is 0 Å². The Morgan fingerprint density at radius 2 is 1.56 bits per heavy atom. The number of amides is 1. The molecule has 0 aromatic carbocycles. The highest BCUT2D eigenvalue weighted by atomic mass is 16.1. The third kappa shape index (κ3) is 5.80. The number of rotatable bonds is 5. The summed E-state index contributed by atoms with van der Waals surface area (Å²) < 4.78 is 0. The summed E-state index contributed by atoms with van der Waals surface area (Å²) in [6.07, 6.45) is 12.9. The van der Waals surface area contributed by atoms with Gasteiger partial charge in [-0.05, 0) is 92.3 Å². The Bertz CT molecular complexity index is 723. The molecule has 8 atom stereocenters. The first-order valence-electron chi connectivity index (χ1n) is 14.0. The molecule has 8 unspecified atom stereocenters. The molecule has 196 valence electrons. The number of hydrogen-bond acceptors (Lipinski definition) is 5. The molecule has 4 aliphatic carbocycles. The molecule has 6 N–H and O–H groups in total. The minimum Gasteiger partial charge on any atom is -0.393 e. The highest BCUT2D eigenvalue weighted by Gasteiger charge is 2.58. The van der Waals surface area contributed by atoms with Crippen LogP contribution in [0.15, 0.2) is 11.9 Å². The number of primary amides is 1. The number of hydrogen-bond donors (Lipinski definition) is 3. The molecule has 0 spiro atoms. The van der Waals surface area contributed by atoms with Crippen LogP contribution in [0.2, 0.25) is 0 Å². The Balaban J connectivity index is 0.000000970. The topological polar surface area (TPSA) is 115 Å². The molecular weight excluding hydrogens is 424 g/mol. The number of nitrogens with zero attached hydrogens (tertiary/aromatic N) is 1. The molecule has 0 aliphatic heterocycles. The summed E-state index contributed by atoms with van der Waals surface area (Å²) in [5, 5.41) is 1.22. The molecule has 4 rings (SSSR count). The van der Waals surface area contributed by atoms with Gasteiger partial charge in [-0.2, -0.15) is 0 Å². The lowest BCUT2D eigenvalue weighted by molar-refractivity contribution is -0.131. The number of carbonyl (C=O) groups is 2. The van der Waals surface area contributed by atoms with Crippen LogP contribution in [0.1, 0.15) is 99.3 Å². The number of Topliss-reactive ketones (excluding diaryl/α,β-unsaturated/α-hetero) is 1. The largest absolute Gasteiger partial charge is 0.393 e. The van der Waals surface area contributed by atoms with Crippen molar-refractivity contribution in [2.45, 2.75) is 99.3 Å². The number of fused-ring (bicyclic) bond motifs is 5. The van der Waals surface area contributed by atoms with E-state index in [1.54, 1.807) is 0 Å². The number of ketones is 1. The quantitative estimate of drug-likeness (QED) is 0.294. The maximum absolute atomic E-state index is 13.2. The maximum atomic E-state index is 13.2. The van der Waals surface area contributed by atoms with Crippen molar-refractivity contribution in [2.24, 2.45) is 64.2 Å². The molecule has 0 radical (unpaired) electrons. The Kier molecular flexibility index (Phi) is 10.5. The zero-order valence-electron chi connectivity index (χ0n) is 22.7. The lowest BCUT2D eigenvalue weighted by Crippen LogP contribution is -2.50. The molecule has 0 aromatic heterocycles. The predicted molar refractivity (Wildman–Crippen MR) is 140 cm³/mol. The molecule has 4 saturated carbocycles. The van der Waals surface area contributed by atoms with Crippen LogP contribution in [0, 0.1) is 46.8 Å². The van der Waals surface area contributed by atoms with E-state index in [-0.39, 0.29) is 29.4 Å². The second-order valence-corrected chi connectivity index (χ2v) is 11.1. The van der Waals surface area contributed by atoms with Crippen molar-refractivity contribution >= 4 is 11.7 Å². The Labute approximate surface area is 208 Å². The molecule has 4 fully saturated rings. The van der Waals surface area contributed by atoms with Gasteiger partial charge >= 0.3 is 0 Å². The highest BCUT2D eigenvalue weighted by molar-refractivity contribution is 5.91. The fourth-order valence-electron chi connectivity index (χ4n) is 8.19. The lowest BCUT2D eigenvalue weighted by Gasteiger charge is -2.56. The average Bonchev–Trinajstić information content (AvgIpc) is 3.18. The van der Waals surface area contributed by atoms with Gasteiger partial charge in [0.15, 0.2) is 5.78 Å². The zero-order valence-corrected chi connectivity index (χ0v) is 22.7. The maximum Gasteiger partial charge on any atom is 0.266 e. The molecule has 6 nitrogen and oxygen atoms in total. The van der Waals surface area contributed by atoms with Gasteiger partial charge in [-0.25, -0.2) is 5.84 Å². The van der Waals surface area contributed by atoms with Gasteiger partial charge in [-0.1, -0.05) is 48.0 Å². The van der Waals surface area contributed by atoms with Crippen LogP contribution in [0.3, 0.4) is 0 Å². The minimum atomic E-state index is -0.725. The van der Waals surface area contributed by atoms with Gasteiger partial charge in [0.1, 0.15) is 5.70 Å². The van der Waals surface area contributed by atoms with Crippen LogP contribution in [-0.4, -0.2) is 23.2 Å². The average molecular weight is 477 g/mol. The van der Waals surface area contributed by atoms with E-state index in [4.69, 9.17) is 17.3 Å². The Morgan fingerprint density at radius 1 is 0.912 bits per heavy atom. The fraction of sp³-hybridized carbons (Fsp3) is 0.857. The van der Waals surface area contributed by atoms with Crippen LogP contribution in [-0.2, 0) is 9.59 Å². The predicted octanol–water partition coefficient (Wildman–Crippen LogP) is 4.97. The Morgan fingerprint density at radius 3 is 2.21 bits per heavy atom. The first-order valence-corrected chi connectivity index (χ1v) is 14.0. The van der Waals surface area contributed by atoms with E-state index in [1.807, 2.05) is 27.7 Å². The standard InChI is InChI=1S/C24H40N4O2.2C2H6/c1-14-3-5-16-15(11-14)4-6-18-17(16)9-10-24(2)19(18)7-8-20(24)22(29)13-28(27)12-21(25)23(26)30;2*1-2/h12,14-20H,3-11,13,25,27H2,1-2H3,(H2,26,30);2*1-2H3/b21-12-;;. The Hall–Kier alpha value is -1.56. The van der Waals surface area contributed by atoms with Gasteiger partial charge in [0.2, 0.25) is 0 Å². The molecule has 0 heterocycles. The van der Waals surface area contributed by atoms with Crippen molar-refractivity contribution in [2.75, 3.05) is 6.54 Å². The van der Waals surface area contributed by atoms with E-state index in [0.717, 1.165) is 42.4 Å².